The van der Waals surface area contributed by atoms with Gasteiger partial charge >= 0.3 is 0 Å². The first kappa shape index (κ1) is 18.8. The predicted molar refractivity (Wildman–Crippen MR) is 101 cm³/mol. The summed E-state index contributed by atoms with van der Waals surface area (Å²) in [6, 6.07) is 7.47. The van der Waals surface area contributed by atoms with Gasteiger partial charge in [-0.05, 0) is 38.0 Å². The number of nitrogens with zero attached hydrogens (tertiary/aromatic N) is 2. The maximum Gasteiger partial charge on any atom is 0.256 e. The van der Waals surface area contributed by atoms with Crippen LogP contribution in [0.5, 0.6) is 0 Å². The van der Waals surface area contributed by atoms with Crippen molar-refractivity contribution in [3.63, 3.8) is 0 Å². The Labute approximate surface area is 154 Å². The van der Waals surface area contributed by atoms with Gasteiger partial charge in [-0.2, -0.15) is 0 Å². The number of methoxy groups -OCH3 is 1. The number of aromatic nitrogens is 1. The lowest BCUT2D eigenvalue weighted by atomic mass is 10.1. The van der Waals surface area contributed by atoms with Gasteiger partial charge in [-0.25, -0.2) is 8.42 Å². The molecule has 26 heavy (non-hydrogen) atoms. The van der Waals surface area contributed by atoms with Crippen LogP contribution in [0.1, 0.15) is 28.0 Å². The highest BCUT2D eigenvalue weighted by molar-refractivity contribution is 7.91. The fraction of sp³-hybridized carbons (Fsp3) is 0.474. The Morgan fingerprint density at radius 2 is 2.08 bits per heavy atom. The number of carbonyl (C=O) groups excluding carboxylic acids is 1. The minimum atomic E-state index is -3.08. The first-order valence-corrected chi connectivity index (χ1v) is 10.5. The van der Waals surface area contributed by atoms with Crippen LogP contribution in [0, 0.1) is 13.8 Å². The van der Waals surface area contributed by atoms with Crippen molar-refractivity contribution in [2.45, 2.75) is 26.3 Å². The average molecular weight is 376 g/mol. The molecule has 3 rings (SSSR count). The zero-order valence-corrected chi connectivity index (χ0v) is 16.2. The van der Waals surface area contributed by atoms with Crippen LogP contribution >= 0.6 is 0 Å². The van der Waals surface area contributed by atoms with E-state index in [1.807, 2.05) is 38.1 Å². The molecule has 0 N–H and O–H groups in total. The molecular weight excluding hydrogens is 352 g/mol. The molecule has 0 radical (unpaired) electrons. The Kier molecular flexibility index (Phi) is 5.29. The molecule has 1 aromatic heterocycles. The van der Waals surface area contributed by atoms with E-state index >= 15 is 0 Å². The molecule has 0 bridgehead atoms. The second-order valence-electron chi connectivity index (χ2n) is 6.87. The highest BCUT2D eigenvalue weighted by atomic mass is 32.2. The molecule has 2 heterocycles. The summed E-state index contributed by atoms with van der Waals surface area (Å²) in [7, 11) is -1.51. The molecule has 1 aromatic carbocycles. The molecule has 1 fully saturated rings. The topological polar surface area (TPSA) is 76.6 Å². The Hall–Kier alpha value is -1.99. The molecule has 140 valence electrons. The van der Waals surface area contributed by atoms with Crippen molar-refractivity contribution >= 4 is 26.6 Å². The lowest BCUT2D eigenvalue weighted by molar-refractivity contribution is 0.0623. The molecule has 0 aliphatic carbocycles. The fourth-order valence-electron chi connectivity index (χ4n) is 3.41. The van der Waals surface area contributed by atoms with Crippen molar-refractivity contribution in [3.05, 3.63) is 41.1 Å². The molecule has 1 amide bonds. The monoisotopic (exact) mass is 376 g/mol. The van der Waals surface area contributed by atoms with Crippen molar-refractivity contribution in [2.24, 2.45) is 0 Å². The lowest BCUT2D eigenvalue weighted by Gasteiger charge is -2.28. The number of fused-ring (bicyclic) bond motifs is 1. The van der Waals surface area contributed by atoms with Crippen LogP contribution < -0.4 is 0 Å². The number of hydrogen-bond donors (Lipinski definition) is 0. The van der Waals surface area contributed by atoms with E-state index in [0.29, 0.717) is 30.8 Å². The Morgan fingerprint density at radius 1 is 1.31 bits per heavy atom. The summed E-state index contributed by atoms with van der Waals surface area (Å²) >= 11 is 0. The van der Waals surface area contributed by atoms with Crippen LogP contribution in [0.15, 0.2) is 24.3 Å². The predicted octanol–water partition coefficient (Wildman–Crippen LogP) is 2.13. The molecule has 1 aliphatic rings. The number of ether oxygens (including phenoxy) is 1. The lowest BCUT2D eigenvalue weighted by Crippen LogP contribution is -2.43. The summed E-state index contributed by atoms with van der Waals surface area (Å²) in [5.74, 6) is -0.0405. The minimum absolute atomic E-state index is 0.0156. The largest absolute Gasteiger partial charge is 0.383 e. The van der Waals surface area contributed by atoms with Gasteiger partial charge in [-0.1, -0.05) is 12.1 Å². The van der Waals surface area contributed by atoms with Crippen LogP contribution in [0.4, 0.5) is 0 Å². The van der Waals surface area contributed by atoms with E-state index < -0.39 is 9.84 Å². The quantitative estimate of drug-likeness (QED) is 0.799. The van der Waals surface area contributed by atoms with Crippen LogP contribution in [0.25, 0.3) is 10.9 Å². The minimum Gasteiger partial charge on any atom is -0.383 e. The molecule has 1 aliphatic heterocycles. The Bertz CT molecular complexity index is 940. The molecule has 1 atom stereocenters. The van der Waals surface area contributed by atoms with Crippen LogP contribution in [-0.4, -0.2) is 62.0 Å². The van der Waals surface area contributed by atoms with Crippen molar-refractivity contribution in [1.82, 2.24) is 9.88 Å². The standard InChI is InChI=1S/C19H24N2O4S/c1-13-4-5-15-11-17(14(2)20-18(15)10-13)19(22)21(7-8-25-3)16-6-9-26(23,24)12-16/h4-5,10-11,16H,6-9,12H2,1-3H3. The van der Waals surface area contributed by atoms with E-state index in [0.717, 1.165) is 16.5 Å². The van der Waals surface area contributed by atoms with Gasteiger partial charge in [0, 0.05) is 25.1 Å². The highest BCUT2D eigenvalue weighted by Gasteiger charge is 2.35. The molecule has 0 spiro atoms. The van der Waals surface area contributed by atoms with Crippen LogP contribution in [0.3, 0.4) is 0 Å². The molecule has 0 saturated carbocycles. The van der Waals surface area contributed by atoms with E-state index in [-0.39, 0.29) is 23.5 Å². The van der Waals surface area contributed by atoms with Crippen molar-refractivity contribution < 1.29 is 17.9 Å². The number of hydrogen-bond acceptors (Lipinski definition) is 5. The number of carbonyl (C=O) groups is 1. The molecule has 7 heteroatoms. The van der Waals surface area contributed by atoms with Crippen molar-refractivity contribution in [1.29, 1.82) is 0 Å². The van der Waals surface area contributed by atoms with E-state index in [1.165, 1.54) is 0 Å². The van der Waals surface area contributed by atoms with Gasteiger partial charge in [0.1, 0.15) is 0 Å². The van der Waals surface area contributed by atoms with E-state index in [9.17, 15) is 13.2 Å². The van der Waals surface area contributed by atoms with E-state index in [2.05, 4.69) is 4.98 Å². The van der Waals surface area contributed by atoms with Gasteiger partial charge in [-0.15, -0.1) is 0 Å². The summed E-state index contributed by atoms with van der Waals surface area (Å²) in [4.78, 5) is 19.4. The van der Waals surface area contributed by atoms with Crippen LogP contribution in [-0.2, 0) is 14.6 Å². The zero-order valence-electron chi connectivity index (χ0n) is 15.4. The summed E-state index contributed by atoms with van der Waals surface area (Å²) in [5, 5.41) is 0.898. The third kappa shape index (κ3) is 3.88. The molecular formula is C19H24N2O4S. The molecule has 2 aromatic rings. The fourth-order valence-corrected chi connectivity index (χ4v) is 5.14. The smallest absolute Gasteiger partial charge is 0.256 e. The summed E-state index contributed by atoms with van der Waals surface area (Å²) in [6.45, 7) is 4.54. The van der Waals surface area contributed by atoms with Gasteiger partial charge < -0.3 is 9.64 Å². The number of sulfone groups is 1. The normalized spacial score (nSPS) is 19.0. The van der Waals surface area contributed by atoms with E-state index in [1.54, 1.807) is 12.0 Å². The SMILES string of the molecule is COCCN(C(=O)c1cc2ccc(C)cc2nc1C)C1CCS(=O)(=O)C1. The first-order valence-electron chi connectivity index (χ1n) is 8.69. The summed E-state index contributed by atoms with van der Waals surface area (Å²) in [5.41, 5.74) is 3.13. The number of amides is 1. The van der Waals surface area contributed by atoms with Crippen molar-refractivity contribution in [2.75, 3.05) is 31.8 Å². The average Bonchev–Trinajstić information content (AvgIpc) is 2.94. The van der Waals surface area contributed by atoms with Crippen molar-refractivity contribution in [3.8, 4) is 0 Å². The summed E-state index contributed by atoms with van der Waals surface area (Å²) in [6.07, 6.45) is 0.469. The second kappa shape index (κ2) is 7.32. The van der Waals surface area contributed by atoms with Gasteiger partial charge in [0.15, 0.2) is 9.84 Å². The number of pyridine rings is 1. The Balaban J connectivity index is 1.96. The third-order valence-corrected chi connectivity index (χ3v) is 6.59. The highest BCUT2D eigenvalue weighted by Crippen LogP contribution is 2.23. The molecule has 1 saturated heterocycles. The van der Waals surface area contributed by atoms with Gasteiger partial charge in [-0.3, -0.25) is 9.78 Å². The number of benzene rings is 1. The maximum absolute atomic E-state index is 13.2. The van der Waals surface area contributed by atoms with E-state index in [4.69, 9.17) is 4.74 Å². The van der Waals surface area contributed by atoms with Crippen LogP contribution in [0.2, 0.25) is 0 Å². The third-order valence-electron chi connectivity index (χ3n) is 4.84. The summed E-state index contributed by atoms with van der Waals surface area (Å²) < 4.78 is 28.9. The maximum atomic E-state index is 13.2. The first-order chi connectivity index (χ1) is 12.3. The zero-order chi connectivity index (χ0) is 18.9. The number of aryl methyl sites for hydroxylation is 2. The number of rotatable bonds is 5. The molecule has 1 unspecified atom stereocenters. The van der Waals surface area contributed by atoms with Gasteiger partial charge in [0.25, 0.3) is 5.91 Å². The Morgan fingerprint density at radius 3 is 2.73 bits per heavy atom. The van der Waals surface area contributed by atoms with Gasteiger partial charge in [0.2, 0.25) is 0 Å². The molecule has 6 nitrogen and oxygen atoms in total. The van der Waals surface area contributed by atoms with Gasteiger partial charge in [0.05, 0.1) is 34.9 Å². The second-order valence-corrected chi connectivity index (χ2v) is 9.09.